The van der Waals surface area contributed by atoms with Crippen LogP contribution < -0.4 is 0 Å². The average molecular weight is 136 g/mol. The van der Waals surface area contributed by atoms with Gasteiger partial charge in [0.2, 0.25) is 5.91 Å². The first-order valence-electron chi connectivity index (χ1n) is 3.53. The summed E-state index contributed by atoms with van der Waals surface area (Å²) in [7, 11) is 0. The summed E-state index contributed by atoms with van der Waals surface area (Å²) >= 11 is 0. The predicted octanol–water partition coefficient (Wildman–Crippen LogP) is 0.131. The maximum absolute atomic E-state index is 11.1. The largest absolute Gasteiger partial charge is 0.321 e. The van der Waals surface area contributed by atoms with Crippen molar-refractivity contribution in [3.05, 3.63) is 0 Å². The molecule has 52 valence electrons. The van der Waals surface area contributed by atoms with Gasteiger partial charge in [-0.15, -0.1) is 0 Å². The Morgan fingerprint density at radius 2 is 2.30 bits per heavy atom. The molecule has 0 aromatic rings. The molecule has 0 aromatic heterocycles. The van der Waals surface area contributed by atoms with Crippen LogP contribution in [0.1, 0.15) is 12.8 Å². The van der Waals surface area contributed by atoms with Crippen molar-refractivity contribution in [1.82, 2.24) is 4.90 Å². The summed E-state index contributed by atoms with van der Waals surface area (Å²) in [5.41, 5.74) is 0. The van der Waals surface area contributed by atoms with Gasteiger partial charge in [0.05, 0.1) is 12.6 Å². The summed E-state index contributed by atoms with van der Waals surface area (Å²) in [6.45, 7) is 0.672. The van der Waals surface area contributed by atoms with Crippen LogP contribution in [0.25, 0.3) is 0 Å². The van der Waals surface area contributed by atoms with E-state index in [2.05, 4.69) is 6.07 Å². The first-order chi connectivity index (χ1) is 4.83. The van der Waals surface area contributed by atoms with Gasteiger partial charge in [-0.2, -0.15) is 5.26 Å². The summed E-state index contributed by atoms with van der Waals surface area (Å²) in [5.74, 6) is 0.477. The molecule has 1 amide bonds. The van der Waals surface area contributed by atoms with Crippen molar-refractivity contribution in [3.63, 3.8) is 0 Å². The van der Waals surface area contributed by atoms with Gasteiger partial charge in [0.15, 0.2) is 0 Å². The Hall–Kier alpha value is -1.04. The third kappa shape index (κ3) is 0.766. The normalized spacial score (nSPS) is 29.5. The van der Waals surface area contributed by atoms with E-state index >= 15 is 0 Å². The van der Waals surface area contributed by atoms with Gasteiger partial charge in [-0.05, 0) is 12.8 Å². The molecule has 3 nitrogen and oxygen atoms in total. The molecule has 2 rings (SSSR count). The van der Waals surface area contributed by atoms with E-state index in [0.717, 1.165) is 12.8 Å². The monoisotopic (exact) mass is 136 g/mol. The van der Waals surface area contributed by atoms with Crippen molar-refractivity contribution in [2.24, 2.45) is 5.92 Å². The zero-order valence-electron chi connectivity index (χ0n) is 5.58. The molecule has 1 aliphatic carbocycles. The van der Waals surface area contributed by atoms with Crippen molar-refractivity contribution in [1.29, 1.82) is 5.26 Å². The molecule has 1 heterocycles. The Labute approximate surface area is 59.2 Å². The molecule has 0 N–H and O–H groups in total. The van der Waals surface area contributed by atoms with E-state index in [1.807, 2.05) is 0 Å². The lowest BCUT2D eigenvalue weighted by Gasteiger charge is -1.95. The first-order valence-corrected chi connectivity index (χ1v) is 3.53. The van der Waals surface area contributed by atoms with Crippen LogP contribution in [0.15, 0.2) is 0 Å². The first kappa shape index (κ1) is 5.72. The molecule has 3 heteroatoms. The lowest BCUT2D eigenvalue weighted by atomic mass is 10.4. The van der Waals surface area contributed by atoms with Crippen LogP contribution in [0.3, 0.4) is 0 Å². The van der Waals surface area contributed by atoms with E-state index < -0.39 is 0 Å². The Morgan fingerprint density at radius 1 is 1.60 bits per heavy atom. The maximum atomic E-state index is 11.1. The molecular weight excluding hydrogens is 128 g/mol. The van der Waals surface area contributed by atoms with Crippen LogP contribution in [-0.2, 0) is 4.79 Å². The summed E-state index contributed by atoms with van der Waals surface area (Å²) < 4.78 is 0. The van der Waals surface area contributed by atoms with Gasteiger partial charge < -0.3 is 4.90 Å². The van der Waals surface area contributed by atoms with E-state index in [4.69, 9.17) is 5.26 Å². The fourth-order valence-corrected chi connectivity index (χ4v) is 1.06. The Balaban J connectivity index is 1.91. The van der Waals surface area contributed by atoms with E-state index in [0.29, 0.717) is 6.54 Å². The molecule has 2 aliphatic rings. The summed E-state index contributed by atoms with van der Waals surface area (Å²) in [5, 5.41) is 8.38. The highest BCUT2D eigenvalue weighted by Gasteiger charge is 2.44. The smallest absolute Gasteiger partial charge is 0.226 e. The Bertz CT molecular complexity index is 214. The number of hydrogen-bond acceptors (Lipinski definition) is 2. The molecule has 10 heavy (non-hydrogen) atoms. The summed E-state index contributed by atoms with van der Waals surface area (Å²) in [6.07, 6.45) is 2.07. The number of nitrogens with zero attached hydrogens (tertiary/aromatic N) is 2. The molecule has 0 bridgehead atoms. The fourth-order valence-electron chi connectivity index (χ4n) is 1.06. The third-order valence-electron chi connectivity index (χ3n) is 1.97. The number of carbonyl (C=O) groups excluding carboxylic acids is 1. The molecular formula is C7H8N2O. The molecule has 1 saturated carbocycles. The van der Waals surface area contributed by atoms with Gasteiger partial charge in [-0.25, -0.2) is 0 Å². The Kier molecular flexibility index (Phi) is 0.986. The number of carbonyl (C=O) groups is 1. The number of hydrogen-bond donors (Lipinski definition) is 0. The second-order valence-electron chi connectivity index (χ2n) is 2.91. The molecule has 1 aliphatic heterocycles. The molecule has 2 fully saturated rings. The van der Waals surface area contributed by atoms with Crippen LogP contribution >= 0.6 is 0 Å². The van der Waals surface area contributed by atoms with E-state index in [1.54, 1.807) is 4.90 Å². The van der Waals surface area contributed by atoms with Crippen molar-refractivity contribution in [2.45, 2.75) is 18.9 Å². The number of rotatable bonds is 1. The lowest BCUT2D eigenvalue weighted by molar-refractivity contribution is -0.127. The Morgan fingerprint density at radius 3 is 2.70 bits per heavy atom. The summed E-state index contributed by atoms with van der Waals surface area (Å²) in [4.78, 5) is 12.8. The van der Waals surface area contributed by atoms with E-state index in [9.17, 15) is 4.79 Å². The zero-order chi connectivity index (χ0) is 7.14. The van der Waals surface area contributed by atoms with E-state index in [1.165, 1.54) is 0 Å². The van der Waals surface area contributed by atoms with Crippen molar-refractivity contribution in [3.8, 4) is 6.07 Å². The van der Waals surface area contributed by atoms with Crippen LogP contribution in [0.4, 0.5) is 0 Å². The van der Waals surface area contributed by atoms with Crippen molar-refractivity contribution < 1.29 is 4.79 Å². The van der Waals surface area contributed by atoms with E-state index in [-0.39, 0.29) is 17.9 Å². The minimum absolute atomic E-state index is 0.0897. The molecule has 1 atom stereocenters. The predicted molar refractivity (Wildman–Crippen MR) is 33.8 cm³/mol. The van der Waals surface area contributed by atoms with Gasteiger partial charge in [-0.3, -0.25) is 4.79 Å². The van der Waals surface area contributed by atoms with Crippen LogP contribution in [0.2, 0.25) is 0 Å². The second kappa shape index (κ2) is 1.72. The van der Waals surface area contributed by atoms with Gasteiger partial charge in [-0.1, -0.05) is 0 Å². The van der Waals surface area contributed by atoms with Gasteiger partial charge in [0.1, 0.15) is 6.04 Å². The van der Waals surface area contributed by atoms with Crippen LogP contribution in [0.5, 0.6) is 0 Å². The molecule has 0 spiro atoms. The average Bonchev–Trinajstić information content (AvgIpc) is 2.83. The van der Waals surface area contributed by atoms with Crippen LogP contribution in [0, 0.1) is 17.2 Å². The maximum Gasteiger partial charge on any atom is 0.226 e. The van der Waals surface area contributed by atoms with Crippen molar-refractivity contribution >= 4 is 5.91 Å². The van der Waals surface area contributed by atoms with Gasteiger partial charge >= 0.3 is 0 Å². The fraction of sp³-hybridized carbons (Fsp3) is 0.714. The second-order valence-corrected chi connectivity index (χ2v) is 2.91. The zero-order valence-corrected chi connectivity index (χ0v) is 5.58. The van der Waals surface area contributed by atoms with Gasteiger partial charge in [0.25, 0.3) is 0 Å². The molecule has 0 radical (unpaired) electrons. The van der Waals surface area contributed by atoms with Crippen LogP contribution in [-0.4, -0.2) is 23.4 Å². The quantitative estimate of drug-likeness (QED) is 0.481. The third-order valence-corrected chi connectivity index (χ3v) is 1.97. The van der Waals surface area contributed by atoms with Gasteiger partial charge in [0, 0.05) is 5.92 Å². The molecule has 0 aromatic carbocycles. The number of amides is 1. The highest BCUT2D eigenvalue weighted by molar-refractivity contribution is 5.84. The lowest BCUT2D eigenvalue weighted by Crippen LogP contribution is -2.14. The minimum Gasteiger partial charge on any atom is -0.321 e. The summed E-state index contributed by atoms with van der Waals surface area (Å²) in [6, 6.07) is 1.97. The highest BCUT2D eigenvalue weighted by atomic mass is 16.2. The highest BCUT2D eigenvalue weighted by Crippen LogP contribution is 2.34. The molecule has 1 saturated heterocycles. The number of nitriles is 1. The van der Waals surface area contributed by atoms with Crippen molar-refractivity contribution in [2.75, 3.05) is 6.54 Å². The molecule has 1 unspecified atom stereocenters. The minimum atomic E-state index is -0.0897. The topological polar surface area (TPSA) is 43.9 Å². The SMILES string of the molecule is N#CC1CN1C(=O)C1CC1. The standard InChI is InChI=1S/C7H8N2O/c8-3-6-4-9(6)7(10)5-1-2-5/h5-6H,1-2,4H2.